The summed E-state index contributed by atoms with van der Waals surface area (Å²) in [4.78, 5) is 23.1. The van der Waals surface area contributed by atoms with Crippen LogP contribution < -0.4 is 4.74 Å². The lowest BCUT2D eigenvalue weighted by atomic mass is 9.88. The minimum Gasteiger partial charge on any atom is -0.496 e. The molecule has 2 aromatic carbocycles. The summed E-state index contributed by atoms with van der Waals surface area (Å²) in [7, 11) is 1.71. The Labute approximate surface area is 165 Å². The van der Waals surface area contributed by atoms with Crippen LogP contribution in [0.2, 0.25) is 0 Å². The van der Waals surface area contributed by atoms with Gasteiger partial charge >= 0.3 is 0 Å². The lowest BCUT2D eigenvalue weighted by Gasteiger charge is -2.33. The van der Waals surface area contributed by atoms with Gasteiger partial charge in [0, 0.05) is 36.6 Å². The number of methoxy groups -OCH3 is 1. The van der Waals surface area contributed by atoms with E-state index in [2.05, 4.69) is 16.0 Å². The fourth-order valence-electron chi connectivity index (χ4n) is 3.86. The van der Waals surface area contributed by atoms with E-state index in [1.165, 1.54) is 11.9 Å². The summed E-state index contributed by atoms with van der Waals surface area (Å²) < 4.78 is 5.51. The fourth-order valence-corrected chi connectivity index (χ4v) is 3.86. The zero-order chi connectivity index (χ0) is 19.3. The van der Waals surface area contributed by atoms with Gasteiger partial charge in [0.15, 0.2) is 0 Å². The molecule has 28 heavy (non-hydrogen) atoms. The summed E-state index contributed by atoms with van der Waals surface area (Å²) >= 11 is 0. The highest BCUT2D eigenvalue weighted by Crippen LogP contribution is 2.34. The molecule has 0 spiro atoms. The summed E-state index contributed by atoms with van der Waals surface area (Å²) in [6.07, 6.45) is 6.91. The summed E-state index contributed by atoms with van der Waals surface area (Å²) in [5, 5.41) is 0. The molecule has 142 valence electrons. The van der Waals surface area contributed by atoms with Gasteiger partial charge in [0.2, 0.25) is 0 Å². The third-order valence-corrected chi connectivity index (χ3v) is 5.36. The van der Waals surface area contributed by atoms with E-state index in [9.17, 15) is 4.79 Å². The molecule has 2 heterocycles. The standard InChI is InChI=1S/C23H23N3O2/c1-28-22-8-3-2-7-21(22)17-9-11-26(12-10-17)23(27)19-6-4-5-18(13-19)20-14-24-16-25-15-20/h2-8,13-17H,9-12H2,1H3. The van der Waals surface area contributed by atoms with Crippen molar-refractivity contribution in [1.82, 2.24) is 14.9 Å². The molecular weight excluding hydrogens is 350 g/mol. The van der Waals surface area contributed by atoms with Gasteiger partial charge in [-0.25, -0.2) is 9.97 Å². The normalized spacial score (nSPS) is 14.7. The monoisotopic (exact) mass is 373 g/mol. The van der Waals surface area contributed by atoms with Crippen LogP contribution in [0, 0.1) is 0 Å². The molecule has 1 aromatic heterocycles. The van der Waals surface area contributed by atoms with Gasteiger partial charge in [-0.15, -0.1) is 0 Å². The largest absolute Gasteiger partial charge is 0.496 e. The van der Waals surface area contributed by atoms with E-state index in [4.69, 9.17) is 4.74 Å². The Morgan fingerprint density at radius 1 is 1.00 bits per heavy atom. The molecule has 0 atom stereocenters. The van der Waals surface area contributed by atoms with Crippen LogP contribution in [0.4, 0.5) is 0 Å². The number of aromatic nitrogens is 2. The second-order valence-electron chi connectivity index (χ2n) is 7.02. The number of likely N-dealkylation sites (tertiary alicyclic amines) is 1. The molecule has 5 heteroatoms. The minimum atomic E-state index is 0.0807. The number of amides is 1. The molecular formula is C23H23N3O2. The molecule has 5 nitrogen and oxygen atoms in total. The number of hydrogen-bond donors (Lipinski definition) is 0. The Hall–Kier alpha value is -3.21. The van der Waals surface area contributed by atoms with Crippen LogP contribution in [0.5, 0.6) is 5.75 Å². The number of ether oxygens (including phenoxy) is 1. The van der Waals surface area contributed by atoms with Gasteiger partial charge in [0.05, 0.1) is 7.11 Å². The smallest absolute Gasteiger partial charge is 0.253 e. The molecule has 0 aliphatic carbocycles. The van der Waals surface area contributed by atoms with Crippen molar-refractivity contribution in [2.75, 3.05) is 20.2 Å². The number of nitrogens with zero attached hydrogens (tertiary/aromatic N) is 3. The molecule has 4 rings (SSSR count). The quantitative estimate of drug-likeness (QED) is 0.689. The van der Waals surface area contributed by atoms with Crippen molar-refractivity contribution in [3.63, 3.8) is 0 Å². The lowest BCUT2D eigenvalue weighted by molar-refractivity contribution is 0.0712. The van der Waals surface area contributed by atoms with Crippen LogP contribution in [0.3, 0.4) is 0 Å². The highest BCUT2D eigenvalue weighted by Gasteiger charge is 2.26. The van der Waals surface area contributed by atoms with E-state index < -0.39 is 0 Å². The van der Waals surface area contributed by atoms with E-state index in [0.717, 1.165) is 42.8 Å². The van der Waals surface area contributed by atoms with Gasteiger partial charge in [-0.3, -0.25) is 4.79 Å². The van der Waals surface area contributed by atoms with Crippen LogP contribution >= 0.6 is 0 Å². The number of carbonyl (C=O) groups is 1. The first kappa shape index (κ1) is 18.2. The maximum absolute atomic E-state index is 13.0. The van der Waals surface area contributed by atoms with E-state index in [0.29, 0.717) is 11.5 Å². The number of benzene rings is 2. The van der Waals surface area contributed by atoms with Gasteiger partial charge in [-0.2, -0.15) is 0 Å². The van der Waals surface area contributed by atoms with Crippen LogP contribution in [0.15, 0.2) is 67.3 Å². The molecule has 0 N–H and O–H groups in total. The van der Waals surface area contributed by atoms with Gasteiger partial charge in [-0.05, 0) is 48.1 Å². The highest BCUT2D eigenvalue weighted by atomic mass is 16.5. The maximum Gasteiger partial charge on any atom is 0.253 e. The lowest BCUT2D eigenvalue weighted by Crippen LogP contribution is -2.38. The fraction of sp³-hybridized carbons (Fsp3) is 0.261. The number of rotatable bonds is 4. The van der Waals surface area contributed by atoms with Gasteiger partial charge < -0.3 is 9.64 Å². The van der Waals surface area contributed by atoms with Crippen molar-refractivity contribution >= 4 is 5.91 Å². The van der Waals surface area contributed by atoms with Crippen molar-refractivity contribution in [1.29, 1.82) is 0 Å². The highest BCUT2D eigenvalue weighted by molar-refractivity contribution is 5.95. The number of para-hydroxylation sites is 1. The maximum atomic E-state index is 13.0. The second kappa shape index (κ2) is 8.21. The molecule has 0 unspecified atom stereocenters. The van der Waals surface area contributed by atoms with E-state index in [1.54, 1.807) is 19.5 Å². The molecule has 3 aromatic rings. The van der Waals surface area contributed by atoms with Crippen molar-refractivity contribution in [3.05, 3.63) is 78.4 Å². The average molecular weight is 373 g/mol. The van der Waals surface area contributed by atoms with Gasteiger partial charge in [0.1, 0.15) is 12.1 Å². The molecule has 0 radical (unpaired) electrons. The topological polar surface area (TPSA) is 55.3 Å². The van der Waals surface area contributed by atoms with Crippen molar-refractivity contribution < 1.29 is 9.53 Å². The van der Waals surface area contributed by atoms with Crippen LogP contribution in [0.1, 0.15) is 34.7 Å². The predicted octanol–water partition coefficient (Wildman–Crippen LogP) is 4.17. The first-order valence-electron chi connectivity index (χ1n) is 9.54. The molecule has 1 saturated heterocycles. The summed E-state index contributed by atoms with van der Waals surface area (Å²) in [5.74, 6) is 1.44. The van der Waals surface area contributed by atoms with E-state index in [1.807, 2.05) is 47.4 Å². The Morgan fingerprint density at radius 3 is 2.50 bits per heavy atom. The van der Waals surface area contributed by atoms with Crippen molar-refractivity contribution in [2.24, 2.45) is 0 Å². The van der Waals surface area contributed by atoms with Crippen LogP contribution in [-0.2, 0) is 0 Å². The SMILES string of the molecule is COc1ccccc1C1CCN(C(=O)c2cccc(-c3cncnc3)c2)CC1. The second-order valence-corrected chi connectivity index (χ2v) is 7.02. The molecule has 0 saturated carbocycles. The molecule has 0 bridgehead atoms. The zero-order valence-electron chi connectivity index (χ0n) is 15.9. The van der Waals surface area contributed by atoms with E-state index in [-0.39, 0.29) is 5.91 Å². The minimum absolute atomic E-state index is 0.0807. The molecule has 1 aliphatic heterocycles. The summed E-state index contributed by atoms with van der Waals surface area (Å²) in [6, 6.07) is 15.9. The van der Waals surface area contributed by atoms with Crippen LogP contribution in [0.25, 0.3) is 11.1 Å². The number of hydrogen-bond acceptors (Lipinski definition) is 4. The third kappa shape index (κ3) is 3.74. The predicted molar refractivity (Wildman–Crippen MR) is 108 cm³/mol. The Bertz CT molecular complexity index is 951. The Balaban J connectivity index is 1.46. The molecule has 1 aliphatic rings. The van der Waals surface area contributed by atoms with Crippen molar-refractivity contribution in [3.8, 4) is 16.9 Å². The van der Waals surface area contributed by atoms with Gasteiger partial charge in [-0.1, -0.05) is 30.3 Å². The Kier molecular flexibility index (Phi) is 5.33. The summed E-state index contributed by atoms with van der Waals surface area (Å²) in [5.41, 5.74) is 3.81. The van der Waals surface area contributed by atoms with Gasteiger partial charge in [0.25, 0.3) is 5.91 Å². The first-order valence-corrected chi connectivity index (χ1v) is 9.54. The third-order valence-electron chi connectivity index (χ3n) is 5.36. The first-order chi connectivity index (χ1) is 13.8. The van der Waals surface area contributed by atoms with E-state index >= 15 is 0 Å². The zero-order valence-corrected chi connectivity index (χ0v) is 15.9. The number of carbonyl (C=O) groups excluding carboxylic acids is 1. The number of piperidine rings is 1. The van der Waals surface area contributed by atoms with Crippen molar-refractivity contribution in [2.45, 2.75) is 18.8 Å². The molecule has 1 amide bonds. The Morgan fingerprint density at radius 2 is 1.75 bits per heavy atom. The van der Waals surface area contributed by atoms with Crippen LogP contribution in [-0.4, -0.2) is 41.0 Å². The molecule has 1 fully saturated rings. The average Bonchev–Trinajstić information content (AvgIpc) is 2.79. The summed E-state index contributed by atoms with van der Waals surface area (Å²) in [6.45, 7) is 1.50.